The SMILES string of the molecule is CCCCOc1ccc(/C=C/C(=O)Nc2sc(-c3ccccc3)cc2C(=O)OCC)cc1. The molecule has 0 fully saturated rings. The highest BCUT2D eigenvalue weighted by molar-refractivity contribution is 7.20. The maximum absolute atomic E-state index is 12.5. The van der Waals surface area contributed by atoms with Crippen molar-refractivity contribution >= 4 is 34.3 Å². The summed E-state index contributed by atoms with van der Waals surface area (Å²) in [5, 5.41) is 3.29. The van der Waals surface area contributed by atoms with E-state index >= 15 is 0 Å². The van der Waals surface area contributed by atoms with Gasteiger partial charge in [0.1, 0.15) is 10.8 Å². The molecule has 32 heavy (non-hydrogen) atoms. The fourth-order valence-corrected chi connectivity index (χ4v) is 3.98. The summed E-state index contributed by atoms with van der Waals surface area (Å²) in [7, 11) is 0. The summed E-state index contributed by atoms with van der Waals surface area (Å²) in [6, 6.07) is 19.0. The van der Waals surface area contributed by atoms with Crippen LogP contribution in [0.1, 0.15) is 42.6 Å². The molecule has 1 heterocycles. The standard InChI is InChI=1S/C26H27NO4S/c1-3-5-17-31-21-14-11-19(12-15-21)13-16-24(28)27-25-22(26(29)30-4-2)18-23(32-25)20-9-7-6-8-10-20/h6-16,18H,3-5,17H2,1-2H3,(H,27,28)/b16-13+. The van der Waals surface area contributed by atoms with Crippen molar-refractivity contribution in [2.75, 3.05) is 18.5 Å². The number of benzene rings is 2. The number of amides is 1. The largest absolute Gasteiger partial charge is 0.494 e. The zero-order valence-electron chi connectivity index (χ0n) is 18.3. The maximum Gasteiger partial charge on any atom is 0.341 e. The molecule has 2 aromatic carbocycles. The summed E-state index contributed by atoms with van der Waals surface area (Å²) in [5.41, 5.74) is 2.20. The first kappa shape index (κ1) is 23.3. The number of ether oxygens (including phenoxy) is 2. The van der Waals surface area contributed by atoms with Gasteiger partial charge < -0.3 is 14.8 Å². The van der Waals surface area contributed by atoms with Crippen LogP contribution in [0.15, 0.2) is 66.7 Å². The van der Waals surface area contributed by atoms with Crippen molar-refractivity contribution in [1.29, 1.82) is 0 Å². The number of carbonyl (C=O) groups is 2. The van der Waals surface area contributed by atoms with Crippen molar-refractivity contribution in [3.05, 3.63) is 77.9 Å². The van der Waals surface area contributed by atoms with Crippen molar-refractivity contribution in [2.45, 2.75) is 26.7 Å². The summed E-state index contributed by atoms with van der Waals surface area (Å²) in [5.74, 6) is 0.0373. The lowest BCUT2D eigenvalue weighted by atomic mass is 10.1. The van der Waals surface area contributed by atoms with Gasteiger partial charge in [0.25, 0.3) is 0 Å². The number of thiophene rings is 1. The van der Waals surface area contributed by atoms with Gasteiger partial charge in [0, 0.05) is 11.0 Å². The van der Waals surface area contributed by atoms with Crippen LogP contribution < -0.4 is 10.1 Å². The number of nitrogens with one attached hydrogen (secondary N) is 1. The van der Waals surface area contributed by atoms with Crippen molar-refractivity contribution in [2.24, 2.45) is 0 Å². The van der Waals surface area contributed by atoms with E-state index < -0.39 is 5.97 Å². The number of anilines is 1. The zero-order chi connectivity index (χ0) is 22.8. The van der Waals surface area contributed by atoms with E-state index in [4.69, 9.17) is 9.47 Å². The smallest absolute Gasteiger partial charge is 0.341 e. The predicted octanol–water partition coefficient (Wildman–Crippen LogP) is 6.42. The number of hydrogen-bond donors (Lipinski definition) is 1. The van der Waals surface area contributed by atoms with Gasteiger partial charge in [-0.3, -0.25) is 4.79 Å². The van der Waals surface area contributed by atoms with Crippen LogP contribution in [0.5, 0.6) is 5.75 Å². The van der Waals surface area contributed by atoms with Gasteiger partial charge in [-0.15, -0.1) is 11.3 Å². The molecule has 0 unspecified atom stereocenters. The molecule has 0 bridgehead atoms. The summed E-state index contributed by atoms with van der Waals surface area (Å²) in [4.78, 5) is 25.8. The van der Waals surface area contributed by atoms with E-state index in [9.17, 15) is 9.59 Å². The molecule has 0 saturated heterocycles. The van der Waals surface area contributed by atoms with Crippen molar-refractivity contribution in [1.82, 2.24) is 0 Å². The molecular weight excluding hydrogens is 422 g/mol. The van der Waals surface area contributed by atoms with E-state index in [0.29, 0.717) is 17.2 Å². The van der Waals surface area contributed by atoms with Gasteiger partial charge >= 0.3 is 5.97 Å². The Morgan fingerprint density at radius 1 is 1.03 bits per heavy atom. The lowest BCUT2D eigenvalue weighted by Gasteiger charge is -2.05. The van der Waals surface area contributed by atoms with Gasteiger partial charge in [-0.1, -0.05) is 55.8 Å². The molecule has 6 heteroatoms. The quantitative estimate of drug-likeness (QED) is 0.220. The van der Waals surface area contributed by atoms with Crippen LogP contribution in [0.2, 0.25) is 0 Å². The van der Waals surface area contributed by atoms with Gasteiger partial charge in [0.2, 0.25) is 5.91 Å². The van der Waals surface area contributed by atoms with Crippen LogP contribution in [-0.2, 0) is 9.53 Å². The lowest BCUT2D eigenvalue weighted by Crippen LogP contribution is -2.11. The number of rotatable bonds is 10. The Kier molecular flexibility index (Phi) is 8.63. The van der Waals surface area contributed by atoms with Gasteiger partial charge in [0.05, 0.1) is 18.8 Å². The minimum absolute atomic E-state index is 0.265. The van der Waals surface area contributed by atoms with E-state index in [0.717, 1.165) is 34.6 Å². The summed E-state index contributed by atoms with van der Waals surface area (Å²) in [6.45, 7) is 4.84. The molecule has 0 spiro atoms. The molecular formula is C26H27NO4S. The minimum Gasteiger partial charge on any atom is -0.494 e. The van der Waals surface area contributed by atoms with Crippen LogP contribution in [0.4, 0.5) is 5.00 Å². The Morgan fingerprint density at radius 2 is 1.78 bits per heavy atom. The number of esters is 1. The monoisotopic (exact) mass is 449 g/mol. The van der Waals surface area contributed by atoms with Crippen LogP contribution in [0, 0.1) is 0 Å². The van der Waals surface area contributed by atoms with Crippen LogP contribution in [-0.4, -0.2) is 25.1 Å². The highest BCUT2D eigenvalue weighted by atomic mass is 32.1. The summed E-state index contributed by atoms with van der Waals surface area (Å²) < 4.78 is 10.8. The van der Waals surface area contributed by atoms with E-state index in [1.807, 2.05) is 54.6 Å². The maximum atomic E-state index is 12.5. The third-order valence-corrected chi connectivity index (χ3v) is 5.70. The second kappa shape index (κ2) is 11.9. The van der Waals surface area contributed by atoms with Gasteiger partial charge in [-0.2, -0.15) is 0 Å². The fraction of sp³-hybridized carbons (Fsp3) is 0.231. The summed E-state index contributed by atoms with van der Waals surface area (Å²) in [6.07, 6.45) is 5.28. The molecule has 1 N–H and O–H groups in total. The molecule has 0 saturated carbocycles. The second-order valence-corrected chi connectivity index (χ2v) is 8.09. The third-order valence-electron chi connectivity index (χ3n) is 4.60. The van der Waals surface area contributed by atoms with E-state index in [2.05, 4.69) is 12.2 Å². The molecule has 3 rings (SSSR count). The molecule has 0 atom stereocenters. The number of hydrogen-bond acceptors (Lipinski definition) is 5. The van der Waals surface area contributed by atoms with Gasteiger partial charge in [-0.25, -0.2) is 4.79 Å². The first-order valence-corrected chi connectivity index (χ1v) is 11.5. The van der Waals surface area contributed by atoms with Gasteiger partial charge in [-0.05, 0) is 48.7 Å². The minimum atomic E-state index is -0.455. The molecule has 166 valence electrons. The van der Waals surface area contributed by atoms with Crippen molar-refractivity contribution in [3.8, 4) is 16.2 Å². The molecule has 0 radical (unpaired) electrons. The van der Waals surface area contributed by atoms with E-state index in [1.54, 1.807) is 19.1 Å². The van der Waals surface area contributed by atoms with E-state index in [-0.39, 0.29) is 12.5 Å². The second-order valence-electron chi connectivity index (χ2n) is 7.03. The Labute approximate surface area is 192 Å². The molecule has 5 nitrogen and oxygen atoms in total. The fourth-order valence-electron chi connectivity index (χ4n) is 2.92. The predicted molar refractivity (Wildman–Crippen MR) is 130 cm³/mol. The van der Waals surface area contributed by atoms with E-state index in [1.165, 1.54) is 17.4 Å². The van der Waals surface area contributed by atoms with Crippen LogP contribution in [0.3, 0.4) is 0 Å². The molecule has 3 aromatic rings. The highest BCUT2D eigenvalue weighted by Gasteiger charge is 2.19. The normalized spacial score (nSPS) is 10.8. The highest BCUT2D eigenvalue weighted by Crippen LogP contribution is 2.36. The molecule has 0 aliphatic heterocycles. The topological polar surface area (TPSA) is 64.6 Å². The first-order chi connectivity index (χ1) is 15.6. The zero-order valence-corrected chi connectivity index (χ0v) is 19.1. The first-order valence-electron chi connectivity index (χ1n) is 10.7. The average molecular weight is 450 g/mol. The molecule has 0 aliphatic carbocycles. The Morgan fingerprint density at radius 3 is 2.47 bits per heavy atom. The summed E-state index contributed by atoms with van der Waals surface area (Å²) >= 11 is 1.34. The van der Waals surface area contributed by atoms with Crippen LogP contribution >= 0.6 is 11.3 Å². The Bertz CT molecular complexity index is 1060. The van der Waals surface area contributed by atoms with Crippen molar-refractivity contribution < 1.29 is 19.1 Å². The van der Waals surface area contributed by atoms with Crippen molar-refractivity contribution in [3.63, 3.8) is 0 Å². The molecule has 1 amide bonds. The molecule has 1 aromatic heterocycles. The average Bonchev–Trinajstić information content (AvgIpc) is 3.23. The Hall–Kier alpha value is -3.38. The Balaban J connectivity index is 1.70. The molecule has 0 aliphatic rings. The van der Waals surface area contributed by atoms with Gasteiger partial charge in [0.15, 0.2) is 0 Å². The third kappa shape index (κ3) is 6.56. The van der Waals surface area contributed by atoms with Crippen LogP contribution in [0.25, 0.3) is 16.5 Å². The number of carbonyl (C=O) groups excluding carboxylic acids is 2. The lowest BCUT2D eigenvalue weighted by molar-refractivity contribution is -0.111. The number of unbranched alkanes of at least 4 members (excludes halogenated alkanes) is 1.